The van der Waals surface area contributed by atoms with Gasteiger partial charge in [-0.15, -0.1) is 0 Å². The lowest BCUT2D eigenvalue weighted by Gasteiger charge is -2.24. The number of aromatic nitrogens is 1. The topological polar surface area (TPSA) is 48.4 Å². The zero-order valence-corrected chi connectivity index (χ0v) is 12.0. The second-order valence-corrected chi connectivity index (χ2v) is 5.09. The number of carbonyl (C=O) groups is 1. The molecule has 1 heterocycles. The first-order chi connectivity index (χ1) is 9.70. The van der Waals surface area contributed by atoms with Gasteiger partial charge in [-0.1, -0.05) is 19.1 Å². The normalized spacial score (nSPS) is 21.5. The molecule has 0 fully saturated rings. The van der Waals surface area contributed by atoms with E-state index in [1.165, 1.54) is 0 Å². The highest BCUT2D eigenvalue weighted by atomic mass is 16.5. The maximum absolute atomic E-state index is 12.0. The summed E-state index contributed by atoms with van der Waals surface area (Å²) in [5.74, 6) is 1.12. The van der Waals surface area contributed by atoms with Crippen molar-refractivity contribution in [3.63, 3.8) is 0 Å². The minimum absolute atomic E-state index is 0.310. The van der Waals surface area contributed by atoms with Crippen molar-refractivity contribution in [2.45, 2.75) is 26.7 Å². The minimum Gasteiger partial charge on any atom is -0.478 e. The summed E-state index contributed by atoms with van der Waals surface area (Å²) in [6, 6.07) is 3.27. The maximum Gasteiger partial charge on any atom is 0.338 e. The van der Waals surface area contributed by atoms with Gasteiger partial charge in [0.15, 0.2) is 0 Å². The molecule has 0 N–H and O–H groups in total. The van der Waals surface area contributed by atoms with E-state index < -0.39 is 0 Å². The maximum atomic E-state index is 12.0. The molecule has 0 spiro atoms. The Labute approximate surface area is 119 Å². The van der Waals surface area contributed by atoms with Crippen LogP contribution >= 0.6 is 0 Å². The second-order valence-electron chi connectivity index (χ2n) is 5.09. The molecule has 0 aliphatic heterocycles. The third kappa shape index (κ3) is 3.83. The molecule has 1 aromatic heterocycles. The molecule has 108 valence electrons. The Balaban J connectivity index is 1.91. The van der Waals surface area contributed by atoms with Crippen LogP contribution < -0.4 is 4.74 Å². The van der Waals surface area contributed by atoms with Gasteiger partial charge in [0, 0.05) is 12.3 Å². The lowest BCUT2D eigenvalue weighted by atomic mass is 9.85. The zero-order valence-electron chi connectivity index (χ0n) is 12.0. The van der Waals surface area contributed by atoms with E-state index in [4.69, 9.17) is 9.47 Å². The van der Waals surface area contributed by atoms with Crippen LogP contribution in [0.2, 0.25) is 0 Å². The quantitative estimate of drug-likeness (QED) is 0.611. The van der Waals surface area contributed by atoms with Crippen LogP contribution in [0.3, 0.4) is 0 Å². The van der Waals surface area contributed by atoms with Crippen LogP contribution in [0.4, 0.5) is 0 Å². The van der Waals surface area contributed by atoms with E-state index in [1.54, 1.807) is 18.3 Å². The number of allylic oxidation sites excluding steroid dienone is 2. The Hall–Kier alpha value is -1.84. The van der Waals surface area contributed by atoms with Crippen molar-refractivity contribution in [1.82, 2.24) is 4.98 Å². The Morgan fingerprint density at radius 2 is 2.20 bits per heavy atom. The Morgan fingerprint density at radius 1 is 1.40 bits per heavy atom. The van der Waals surface area contributed by atoms with Gasteiger partial charge in [-0.3, -0.25) is 0 Å². The second kappa shape index (κ2) is 7.08. The van der Waals surface area contributed by atoms with Gasteiger partial charge in [0.1, 0.15) is 0 Å². The summed E-state index contributed by atoms with van der Waals surface area (Å²) in [4.78, 5) is 16.1. The number of nitrogens with zero attached hydrogens (tertiary/aromatic N) is 1. The fraction of sp³-hybridized carbons (Fsp3) is 0.500. The summed E-state index contributed by atoms with van der Waals surface area (Å²) in [6.45, 7) is 5.07. The molecule has 0 amide bonds. The predicted molar refractivity (Wildman–Crippen MR) is 76.7 cm³/mol. The van der Waals surface area contributed by atoms with Gasteiger partial charge in [-0.25, -0.2) is 9.78 Å². The number of hydrogen-bond donors (Lipinski definition) is 0. The molecule has 4 nitrogen and oxygen atoms in total. The predicted octanol–water partition coefficient (Wildman–Crippen LogP) is 3.24. The Kier molecular flexibility index (Phi) is 5.16. The van der Waals surface area contributed by atoms with Crippen LogP contribution in [-0.4, -0.2) is 24.2 Å². The number of carbonyl (C=O) groups excluding carboxylic acids is 1. The van der Waals surface area contributed by atoms with E-state index in [-0.39, 0.29) is 5.97 Å². The highest BCUT2D eigenvalue weighted by molar-refractivity contribution is 5.89. The molecule has 0 radical (unpaired) electrons. The summed E-state index contributed by atoms with van der Waals surface area (Å²) in [5.41, 5.74) is 0.488. The van der Waals surface area contributed by atoms with E-state index in [9.17, 15) is 4.79 Å². The van der Waals surface area contributed by atoms with Crippen molar-refractivity contribution >= 4 is 5.97 Å². The van der Waals surface area contributed by atoms with E-state index in [0.717, 1.165) is 12.8 Å². The molecular weight excluding hydrogens is 254 g/mol. The summed E-state index contributed by atoms with van der Waals surface area (Å²) in [7, 11) is 0. The molecule has 2 rings (SSSR count). The fourth-order valence-corrected chi connectivity index (χ4v) is 2.27. The number of esters is 1. The van der Waals surface area contributed by atoms with Crippen LogP contribution in [-0.2, 0) is 4.74 Å². The molecule has 1 aromatic rings. The van der Waals surface area contributed by atoms with Crippen LogP contribution in [0.15, 0.2) is 30.5 Å². The Bertz CT molecular complexity index is 484. The highest BCUT2D eigenvalue weighted by Crippen LogP contribution is 2.25. The summed E-state index contributed by atoms with van der Waals surface area (Å²) in [6.07, 6.45) is 7.97. The molecule has 1 aliphatic carbocycles. The molecule has 4 heteroatoms. The third-order valence-electron chi connectivity index (χ3n) is 3.61. The van der Waals surface area contributed by atoms with Gasteiger partial charge in [0.05, 0.1) is 18.8 Å². The highest BCUT2D eigenvalue weighted by Gasteiger charge is 2.20. The smallest absolute Gasteiger partial charge is 0.338 e. The molecule has 2 unspecified atom stereocenters. The average Bonchev–Trinajstić information content (AvgIpc) is 2.47. The van der Waals surface area contributed by atoms with Gasteiger partial charge in [0.25, 0.3) is 0 Å². The Morgan fingerprint density at radius 3 is 2.95 bits per heavy atom. The van der Waals surface area contributed by atoms with E-state index in [2.05, 4.69) is 24.1 Å². The van der Waals surface area contributed by atoms with Gasteiger partial charge in [-0.2, -0.15) is 0 Å². The summed E-state index contributed by atoms with van der Waals surface area (Å²) in [5, 5.41) is 0. The largest absolute Gasteiger partial charge is 0.478 e. The van der Waals surface area contributed by atoms with Crippen molar-refractivity contribution < 1.29 is 14.3 Å². The van der Waals surface area contributed by atoms with Crippen molar-refractivity contribution in [2.24, 2.45) is 11.8 Å². The lowest BCUT2D eigenvalue weighted by Crippen LogP contribution is -2.21. The average molecular weight is 275 g/mol. The third-order valence-corrected chi connectivity index (χ3v) is 3.61. The molecule has 0 saturated heterocycles. The van der Waals surface area contributed by atoms with Gasteiger partial charge < -0.3 is 9.47 Å². The summed E-state index contributed by atoms with van der Waals surface area (Å²) >= 11 is 0. The first-order valence-electron chi connectivity index (χ1n) is 7.11. The summed E-state index contributed by atoms with van der Waals surface area (Å²) < 4.78 is 10.7. The SMILES string of the molecule is CCOc1cc(C(=O)OCC2CC=CCC2C)ccn1. The fourth-order valence-electron chi connectivity index (χ4n) is 2.27. The van der Waals surface area contributed by atoms with Crippen molar-refractivity contribution in [3.8, 4) is 5.88 Å². The van der Waals surface area contributed by atoms with Crippen LogP contribution in [0.1, 0.15) is 37.0 Å². The van der Waals surface area contributed by atoms with E-state index >= 15 is 0 Å². The molecule has 0 bridgehead atoms. The zero-order chi connectivity index (χ0) is 14.4. The molecular formula is C16H21NO3. The number of ether oxygens (including phenoxy) is 2. The monoisotopic (exact) mass is 275 g/mol. The molecule has 0 aromatic carbocycles. The number of hydrogen-bond acceptors (Lipinski definition) is 4. The lowest BCUT2D eigenvalue weighted by molar-refractivity contribution is 0.0394. The molecule has 0 saturated carbocycles. The van der Waals surface area contributed by atoms with Crippen molar-refractivity contribution in [1.29, 1.82) is 0 Å². The van der Waals surface area contributed by atoms with Crippen LogP contribution in [0.25, 0.3) is 0 Å². The first-order valence-corrected chi connectivity index (χ1v) is 7.11. The van der Waals surface area contributed by atoms with Crippen LogP contribution in [0, 0.1) is 11.8 Å². The van der Waals surface area contributed by atoms with Gasteiger partial charge >= 0.3 is 5.97 Å². The molecule has 2 atom stereocenters. The van der Waals surface area contributed by atoms with Gasteiger partial charge in [-0.05, 0) is 37.7 Å². The van der Waals surface area contributed by atoms with Crippen molar-refractivity contribution in [3.05, 3.63) is 36.0 Å². The molecule has 1 aliphatic rings. The van der Waals surface area contributed by atoms with E-state index in [0.29, 0.717) is 36.5 Å². The first kappa shape index (κ1) is 14.6. The van der Waals surface area contributed by atoms with Crippen LogP contribution in [0.5, 0.6) is 5.88 Å². The minimum atomic E-state index is -0.310. The standard InChI is InChI=1S/C16H21NO3/c1-3-19-15-10-13(8-9-17-15)16(18)20-11-14-7-5-4-6-12(14)2/h4-5,8-10,12,14H,3,6-7,11H2,1-2H3. The number of pyridine rings is 1. The number of rotatable bonds is 5. The van der Waals surface area contributed by atoms with Gasteiger partial charge in [0.2, 0.25) is 5.88 Å². The van der Waals surface area contributed by atoms with Crippen molar-refractivity contribution in [2.75, 3.05) is 13.2 Å². The van der Waals surface area contributed by atoms with E-state index in [1.807, 2.05) is 6.92 Å². The molecule has 20 heavy (non-hydrogen) atoms.